The van der Waals surface area contributed by atoms with Crippen molar-refractivity contribution < 1.29 is 14.7 Å². The van der Waals surface area contributed by atoms with Crippen LogP contribution in [0.1, 0.15) is 47.4 Å². The standard InChI is InChI=1S/C19H22ClN3O3/c1-3-9-23(10-4-2)17-15(19(25)26)11-13(12-21-17)22-18(24)14-7-5-6-8-16(14)20/h5-8,11-12H,3-4,9-10H2,1-2H3,(H,22,24)(H,25,26). The van der Waals surface area contributed by atoms with Gasteiger partial charge in [0, 0.05) is 13.1 Å². The summed E-state index contributed by atoms with van der Waals surface area (Å²) < 4.78 is 0. The van der Waals surface area contributed by atoms with Crippen LogP contribution < -0.4 is 10.2 Å². The number of carboxylic acid groups (broad SMARTS) is 1. The van der Waals surface area contributed by atoms with Crippen molar-refractivity contribution in [2.45, 2.75) is 26.7 Å². The average molecular weight is 376 g/mol. The molecular formula is C19H22ClN3O3. The Morgan fingerprint density at radius 2 is 1.81 bits per heavy atom. The fraction of sp³-hybridized carbons (Fsp3) is 0.316. The van der Waals surface area contributed by atoms with E-state index in [4.69, 9.17) is 11.6 Å². The molecule has 138 valence electrons. The van der Waals surface area contributed by atoms with E-state index in [9.17, 15) is 14.7 Å². The van der Waals surface area contributed by atoms with E-state index in [0.29, 0.717) is 35.2 Å². The minimum Gasteiger partial charge on any atom is -0.478 e. The average Bonchev–Trinajstić information content (AvgIpc) is 2.61. The Bertz CT molecular complexity index is 789. The minimum atomic E-state index is -1.08. The number of benzene rings is 1. The van der Waals surface area contributed by atoms with Gasteiger partial charge in [0.25, 0.3) is 5.91 Å². The summed E-state index contributed by atoms with van der Waals surface area (Å²) in [6.07, 6.45) is 3.23. The second-order valence-electron chi connectivity index (χ2n) is 5.82. The first-order valence-electron chi connectivity index (χ1n) is 8.52. The van der Waals surface area contributed by atoms with Gasteiger partial charge in [0.1, 0.15) is 11.4 Å². The molecule has 0 unspecified atom stereocenters. The second kappa shape index (κ2) is 9.20. The molecule has 1 amide bonds. The number of carboxylic acids is 1. The van der Waals surface area contributed by atoms with Gasteiger partial charge in [-0.25, -0.2) is 9.78 Å². The number of hydrogen-bond acceptors (Lipinski definition) is 4. The Morgan fingerprint density at radius 1 is 1.15 bits per heavy atom. The van der Waals surface area contributed by atoms with Crippen LogP contribution in [0.3, 0.4) is 0 Å². The van der Waals surface area contributed by atoms with Crippen molar-refractivity contribution in [1.29, 1.82) is 0 Å². The Kier molecular flexibility index (Phi) is 6.97. The Hall–Kier alpha value is -2.60. The van der Waals surface area contributed by atoms with Crippen molar-refractivity contribution in [2.24, 2.45) is 0 Å². The van der Waals surface area contributed by atoms with Crippen LogP contribution >= 0.6 is 11.6 Å². The summed E-state index contributed by atoms with van der Waals surface area (Å²) in [5, 5.41) is 12.6. The number of anilines is 2. The van der Waals surface area contributed by atoms with Crippen molar-refractivity contribution in [2.75, 3.05) is 23.3 Å². The second-order valence-corrected chi connectivity index (χ2v) is 6.23. The highest BCUT2D eigenvalue weighted by Crippen LogP contribution is 2.23. The lowest BCUT2D eigenvalue weighted by atomic mass is 10.2. The SMILES string of the molecule is CCCN(CCC)c1ncc(NC(=O)c2ccccc2Cl)cc1C(=O)O. The molecule has 1 aromatic heterocycles. The molecule has 0 radical (unpaired) electrons. The maximum atomic E-state index is 12.4. The number of carbonyl (C=O) groups excluding carboxylic acids is 1. The van der Waals surface area contributed by atoms with Crippen LogP contribution in [-0.4, -0.2) is 35.1 Å². The lowest BCUT2D eigenvalue weighted by Gasteiger charge is -2.24. The molecule has 26 heavy (non-hydrogen) atoms. The quantitative estimate of drug-likeness (QED) is 0.718. The zero-order valence-electron chi connectivity index (χ0n) is 14.8. The van der Waals surface area contributed by atoms with Gasteiger partial charge in [-0.1, -0.05) is 37.6 Å². The first kappa shape index (κ1) is 19.7. The number of aromatic nitrogens is 1. The topological polar surface area (TPSA) is 82.5 Å². The molecule has 2 N–H and O–H groups in total. The van der Waals surface area contributed by atoms with Crippen molar-refractivity contribution in [3.8, 4) is 0 Å². The fourth-order valence-corrected chi connectivity index (χ4v) is 2.86. The van der Waals surface area contributed by atoms with Crippen molar-refractivity contribution in [3.63, 3.8) is 0 Å². The van der Waals surface area contributed by atoms with Gasteiger partial charge >= 0.3 is 5.97 Å². The Morgan fingerprint density at radius 3 is 2.38 bits per heavy atom. The third-order valence-electron chi connectivity index (χ3n) is 3.76. The summed E-state index contributed by atoms with van der Waals surface area (Å²) in [5.41, 5.74) is 0.682. The van der Waals surface area contributed by atoms with Gasteiger partial charge in [0.15, 0.2) is 0 Å². The normalized spacial score (nSPS) is 10.4. The van der Waals surface area contributed by atoms with E-state index < -0.39 is 11.9 Å². The van der Waals surface area contributed by atoms with Crippen molar-refractivity contribution in [1.82, 2.24) is 4.98 Å². The molecule has 7 heteroatoms. The lowest BCUT2D eigenvalue weighted by molar-refractivity contribution is 0.0696. The minimum absolute atomic E-state index is 0.0591. The molecule has 0 saturated carbocycles. The molecule has 1 aromatic carbocycles. The lowest BCUT2D eigenvalue weighted by Crippen LogP contribution is -2.28. The van der Waals surface area contributed by atoms with E-state index in [1.54, 1.807) is 24.3 Å². The van der Waals surface area contributed by atoms with Gasteiger partial charge < -0.3 is 15.3 Å². The molecule has 0 aliphatic carbocycles. The van der Waals surface area contributed by atoms with Gasteiger partial charge in [-0.05, 0) is 31.0 Å². The Balaban J connectivity index is 2.31. The summed E-state index contributed by atoms with van der Waals surface area (Å²) >= 11 is 6.03. The number of halogens is 1. The predicted octanol–water partition coefficient (Wildman–Crippen LogP) is 4.31. The van der Waals surface area contributed by atoms with Crippen molar-refractivity contribution >= 4 is 35.0 Å². The third kappa shape index (κ3) is 4.73. The molecule has 2 aromatic rings. The fourth-order valence-electron chi connectivity index (χ4n) is 2.64. The van der Waals surface area contributed by atoms with Crippen LogP contribution in [0.5, 0.6) is 0 Å². The van der Waals surface area contributed by atoms with Gasteiger partial charge in [-0.2, -0.15) is 0 Å². The number of rotatable bonds is 8. The number of carbonyl (C=O) groups is 2. The molecule has 0 saturated heterocycles. The Labute approximate surface area is 157 Å². The van der Waals surface area contributed by atoms with E-state index in [-0.39, 0.29) is 5.56 Å². The molecule has 0 fully saturated rings. The zero-order chi connectivity index (χ0) is 19.1. The van der Waals surface area contributed by atoms with Crippen LogP contribution in [0.2, 0.25) is 5.02 Å². The molecule has 0 aliphatic rings. The smallest absolute Gasteiger partial charge is 0.339 e. The molecule has 2 rings (SSSR count). The van der Waals surface area contributed by atoms with E-state index in [0.717, 1.165) is 12.8 Å². The highest BCUT2D eigenvalue weighted by atomic mass is 35.5. The van der Waals surface area contributed by atoms with E-state index >= 15 is 0 Å². The molecule has 0 spiro atoms. The predicted molar refractivity (Wildman–Crippen MR) is 103 cm³/mol. The number of hydrogen-bond donors (Lipinski definition) is 2. The highest BCUT2D eigenvalue weighted by molar-refractivity contribution is 6.34. The largest absolute Gasteiger partial charge is 0.478 e. The molecule has 0 atom stereocenters. The number of amides is 1. The molecular weight excluding hydrogens is 354 g/mol. The van der Waals surface area contributed by atoms with Gasteiger partial charge in [0.05, 0.1) is 22.5 Å². The highest BCUT2D eigenvalue weighted by Gasteiger charge is 2.19. The zero-order valence-corrected chi connectivity index (χ0v) is 15.6. The summed E-state index contributed by atoms with van der Waals surface area (Å²) in [4.78, 5) is 30.3. The molecule has 0 aliphatic heterocycles. The molecule has 6 nitrogen and oxygen atoms in total. The molecule has 1 heterocycles. The van der Waals surface area contributed by atoms with Gasteiger partial charge in [-0.15, -0.1) is 0 Å². The van der Waals surface area contributed by atoms with E-state index in [1.165, 1.54) is 12.3 Å². The summed E-state index contributed by atoms with van der Waals surface area (Å²) in [7, 11) is 0. The van der Waals surface area contributed by atoms with Crippen LogP contribution in [0, 0.1) is 0 Å². The monoisotopic (exact) mass is 375 g/mol. The molecule has 0 bridgehead atoms. The number of nitrogens with one attached hydrogen (secondary N) is 1. The summed E-state index contributed by atoms with van der Waals surface area (Å²) in [6.45, 7) is 5.49. The maximum Gasteiger partial charge on any atom is 0.339 e. The first-order chi connectivity index (χ1) is 12.5. The van der Waals surface area contributed by atoms with Crippen LogP contribution in [0.4, 0.5) is 11.5 Å². The number of nitrogens with zero attached hydrogens (tertiary/aromatic N) is 2. The van der Waals surface area contributed by atoms with Crippen LogP contribution in [0.25, 0.3) is 0 Å². The number of pyridine rings is 1. The van der Waals surface area contributed by atoms with Gasteiger partial charge in [-0.3, -0.25) is 4.79 Å². The maximum absolute atomic E-state index is 12.4. The van der Waals surface area contributed by atoms with Gasteiger partial charge in [0.2, 0.25) is 0 Å². The first-order valence-corrected chi connectivity index (χ1v) is 8.89. The van der Waals surface area contributed by atoms with E-state index in [1.807, 2.05) is 18.7 Å². The summed E-state index contributed by atoms with van der Waals surface area (Å²) in [5.74, 6) is -1.09. The third-order valence-corrected chi connectivity index (χ3v) is 4.09. The van der Waals surface area contributed by atoms with E-state index in [2.05, 4.69) is 10.3 Å². The van der Waals surface area contributed by atoms with Crippen LogP contribution in [-0.2, 0) is 0 Å². The van der Waals surface area contributed by atoms with Crippen LogP contribution in [0.15, 0.2) is 36.5 Å². The number of aromatic carboxylic acids is 1. The van der Waals surface area contributed by atoms with Crippen molar-refractivity contribution in [3.05, 3.63) is 52.7 Å². The summed E-state index contributed by atoms with van der Waals surface area (Å²) in [6, 6.07) is 8.08.